The van der Waals surface area contributed by atoms with E-state index in [-0.39, 0.29) is 4.90 Å². The van der Waals surface area contributed by atoms with Crippen molar-refractivity contribution in [2.45, 2.75) is 37.6 Å². The minimum Gasteiger partial charge on any atom is -0.363 e. The molecule has 1 aromatic heterocycles. The Balaban J connectivity index is 1.98. The molecule has 0 aliphatic heterocycles. The smallest absolute Gasteiger partial charge is 0.242 e. The van der Waals surface area contributed by atoms with Crippen LogP contribution in [0.2, 0.25) is 0 Å². The third-order valence-electron chi connectivity index (χ3n) is 3.82. The van der Waals surface area contributed by atoms with Crippen LogP contribution in [0.3, 0.4) is 0 Å². The van der Waals surface area contributed by atoms with Crippen LogP contribution in [0.5, 0.6) is 0 Å². The molecule has 6 heteroatoms. The van der Waals surface area contributed by atoms with Gasteiger partial charge in [0, 0.05) is 25.0 Å². The number of rotatable bonds is 5. The maximum absolute atomic E-state index is 12.1. The van der Waals surface area contributed by atoms with Crippen LogP contribution in [-0.2, 0) is 16.6 Å². The lowest BCUT2D eigenvalue weighted by molar-refractivity contribution is 0.414. The third-order valence-corrected chi connectivity index (χ3v) is 5.22. The Hall–Kier alpha value is -0.850. The molecule has 0 spiro atoms. The molecule has 5 nitrogen and oxygen atoms in total. The monoisotopic (exact) mass is 271 g/mol. The van der Waals surface area contributed by atoms with Crippen molar-refractivity contribution in [1.29, 1.82) is 0 Å². The lowest BCUT2D eigenvalue weighted by atomic mass is 9.99. The van der Waals surface area contributed by atoms with E-state index in [0.29, 0.717) is 24.9 Å². The van der Waals surface area contributed by atoms with E-state index in [2.05, 4.69) is 16.6 Å². The van der Waals surface area contributed by atoms with Gasteiger partial charge in [0.2, 0.25) is 10.0 Å². The summed E-state index contributed by atoms with van der Waals surface area (Å²) in [7, 11) is -3.40. The first-order valence-corrected chi connectivity index (χ1v) is 7.88. The van der Waals surface area contributed by atoms with Gasteiger partial charge in [-0.2, -0.15) is 0 Å². The topological polar surface area (TPSA) is 88.0 Å². The van der Waals surface area contributed by atoms with Crippen molar-refractivity contribution in [2.75, 3.05) is 6.54 Å². The molecule has 18 heavy (non-hydrogen) atoms. The van der Waals surface area contributed by atoms with Gasteiger partial charge in [-0.1, -0.05) is 19.8 Å². The molecule has 4 N–H and O–H groups in total. The number of aromatic nitrogens is 1. The van der Waals surface area contributed by atoms with Crippen LogP contribution in [0.15, 0.2) is 17.2 Å². The van der Waals surface area contributed by atoms with Crippen LogP contribution >= 0.6 is 0 Å². The molecular formula is C12H21N3O2S. The van der Waals surface area contributed by atoms with E-state index in [1.165, 1.54) is 19.0 Å². The van der Waals surface area contributed by atoms with Gasteiger partial charge < -0.3 is 10.7 Å². The molecule has 2 unspecified atom stereocenters. The standard InChI is InChI=1S/C12H21N3O2S/c1-9-3-2-4-10(9)7-15-18(16,17)12-5-11(6-13)14-8-12/h5,8-10,14-15H,2-4,6-7,13H2,1H3. The zero-order valence-electron chi connectivity index (χ0n) is 10.6. The summed E-state index contributed by atoms with van der Waals surface area (Å²) in [6.45, 7) is 3.04. The number of nitrogens with two attached hydrogens (primary N) is 1. The first kappa shape index (κ1) is 13.6. The highest BCUT2D eigenvalue weighted by atomic mass is 32.2. The molecule has 1 heterocycles. The van der Waals surface area contributed by atoms with Gasteiger partial charge in [0.1, 0.15) is 0 Å². The molecule has 1 aliphatic carbocycles. The van der Waals surface area contributed by atoms with Crippen LogP contribution in [0.1, 0.15) is 31.9 Å². The number of nitrogens with one attached hydrogen (secondary N) is 2. The van der Waals surface area contributed by atoms with Gasteiger partial charge in [0.05, 0.1) is 4.90 Å². The highest BCUT2D eigenvalue weighted by Crippen LogP contribution is 2.30. The van der Waals surface area contributed by atoms with Crippen LogP contribution in [0.4, 0.5) is 0 Å². The Labute approximate surface area is 108 Å². The summed E-state index contributed by atoms with van der Waals surface area (Å²) >= 11 is 0. The summed E-state index contributed by atoms with van der Waals surface area (Å²) in [5, 5.41) is 0. The molecule has 1 saturated carbocycles. The minimum absolute atomic E-state index is 0.272. The van der Waals surface area contributed by atoms with Crippen molar-refractivity contribution in [1.82, 2.24) is 9.71 Å². The predicted octanol–water partition coefficient (Wildman–Crippen LogP) is 1.19. The fourth-order valence-electron chi connectivity index (χ4n) is 2.52. The molecule has 0 amide bonds. The fraction of sp³-hybridized carbons (Fsp3) is 0.667. The highest BCUT2D eigenvalue weighted by Gasteiger charge is 2.25. The summed E-state index contributed by atoms with van der Waals surface area (Å²) in [5.74, 6) is 1.08. The van der Waals surface area contributed by atoms with Crippen LogP contribution in [0, 0.1) is 11.8 Å². The molecule has 0 radical (unpaired) electrons. The summed E-state index contributed by atoms with van der Waals surface area (Å²) in [6.07, 6.45) is 5.01. The number of aromatic amines is 1. The number of hydrogen-bond donors (Lipinski definition) is 3. The minimum atomic E-state index is -3.40. The van der Waals surface area contributed by atoms with Crippen molar-refractivity contribution in [3.8, 4) is 0 Å². The Morgan fingerprint density at radius 1 is 1.50 bits per heavy atom. The van der Waals surface area contributed by atoms with Crippen LogP contribution in [0.25, 0.3) is 0 Å². The molecule has 1 fully saturated rings. The summed E-state index contributed by atoms with van der Waals surface area (Å²) in [6, 6.07) is 1.58. The molecule has 1 aliphatic rings. The molecule has 0 saturated heterocycles. The van der Waals surface area contributed by atoms with Crippen molar-refractivity contribution in [2.24, 2.45) is 17.6 Å². The van der Waals surface area contributed by atoms with Gasteiger partial charge in [-0.25, -0.2) is 13.1 Å². The van der Waals surface area contributed by atoms with E-state index in [9.17, 15) is 8.42 Å². The van der Waals surface area contributed by atoms with Gasteiger partial charge in [0.15, 0.2) is 0 Å². The van der Waals surface area contributed by atoms with Gasteiger partial charge in [-0.05, 0) is 24.3 Å². The van der Waals surface area contributed by atoms with Crippen molar-refractivity contribution >= 4 is 10.0 Å². The van der Waals surface area contributed by atoms with Crippen LogP contribution < -0.4 is 10.5 Å². The average molecular weight is 271 g/mol. The maximum atomic E-state index is 12.1. The molecule has 102 valence electrons. The lowest BCUT2D eigenvalue weighted by Crippen LogP contribution is -2.30. The summed E-state index contributed by atoms with van der Waals surface area (Å²) in [5.41, 5.74) is 6.18. The second-order valence-electron chi connectivity index (χ2n) is 5.08. The van der Waals surface area contributed by atoms with E-state index in [1.54, 1.807) is 6.07 Å². The van der Waals surface area contributed by atoms with Crippen molar-refractivity contribution in [3.05, 3.63) is 18.0 Å². The quantitative estimate of drug-likeness (QED) is 0.751. The third kappa shape index (κ3) is 2.93. The van der Waals surface area contributed by atoms with E-state index < -0.39 is 10.0 Å². The fourth-order valence-corrected chi connectivity index (χ4v) is 3.63. The van der Waals surface area contributed by atoms with Gasteiger partial charge in [-0.3, -0.25) is 0 Å². The van der Waals surface area contributed by atoms with Gasteiger partial charge in [0.25, 0.3) is 0 Å². The number of hydrogen-bond acceptors (Lipinski definition) is 3. The largest absolute Gasteiger partial charge is 0.363 e. The first-order valence-electron chi connectivity index (χ1n) is 6.40. The van der Waals surface area contributed by atoms with E-state index in [1.807, 2.05) is 0 Å². The lowest BCUT2D eigenvalue weighted by Gasteiger charge is -2.15. The molecule has 0 aromatic carbocycles. The van der Waals surface area contributed by atoms with E-state index >= 15 is 0 Å². The molecular weight excluding hydrogens is 250 g/mol. The van der Waals surface area contributed by atoms with E-state index in [0.717, 1.165) is 12.1 Å². The molecule has 0 bridgehead atoms. The van der Waals surface area contributed by atoms with Crippen molar-refractivity contribution in [3.63, 3.8) is 0 Å². The Morgan fingerprint density at radius 3 is 2.83 bits per heavy atom. The SMILES string of the molecule is CC1CCCC1CNS(=O)(=O)c1c[nH]c(CN)c1. The van der Waals surface area contributed by atoms with Gasteiger partial charge >= 0.3 is 0 Å². The Kier molecular flexibility index (Phi) is 4.09. The second-order valence-corrected chi connectivity index (χ2v) is 6.85. The maximum Gasteiger partial charge on any atom is 0.242 e. The number of sulfonamides is 1. The number of H-pyrrole nitrogens is 1. The zero-order valence-corrected chi connectivity index (χ0v) is 11.5. The Bertz CT molecular complexity index is 495. The van der Waals surface area contributed by atoms with Crippen molar-refractivity contribution < 1.29 is 8.42 Å². The van der Waals surface area contributed by atoms with Gasteiger partial charge in [-0.15, -0.1) is 0 Å². The van der Waals surface area contributed by atoms with E-state index in [4.69, 9.17) is 5.73 Å². The molecule has 2 rings (SSSR count). The second kappa shape index (κ2) is 5.42. The zero-order chi connectivity index (χ0) is 13.2. The van der Waals surface area contributed by atoms with Crippen LogP contribution in [-0.4, -0.2) is 19.9 Å². The average Bonchev–Trinajstić information content (AvgIpc) is 2.95. The summed E-state index contributed by atoms with van der Waals surface area (Å²) in [4.78, 5) is 3.13. The summed E-state index contributed by atoms with van der Waals surface area (Å²) < 4.78 is 26.8. The predicted molar refractivity (Wildman–Crippen MR) is 70.4 cm³/mol. The highest BCUT2D eigenvalue weighted by molar-refractivity contribution is 7.89. The molecule has 1 aromatic rings. The first-order chi connectivity index (χ1) is 8.53. The normalized spacial score (nSPS) is 24.6. The Morgan fingerprint density at radius 2 is 2.28 bits per heavy atom. The molecule has 2 atom stereocenters.